The summed E-state index contributed by atoms with van der Waals surface area (Å²) in [4.78, 5) is 16.1. The molecule has 3 aromatic rings. The summed E-state index contributed by atoms with van der Waals surface area (Å²) in [6.07, 6.45) is 6.23. The number of nitrogens with zero attached hydrogens (tertiary/aromatic N) is 1. The number of carbonyl (C=O) groups excluding carboxylic acids is 1. The fourth-order valence-electron chi connectivity index (χ4n) is 5.60. The van der Waals surface area contributed by atoms with Crippen LogP contribution in [0.2, 0.25) is 5.02 Å². The SMILES string of the molecule is CCN(CC(=O)C(c1ccc(C2CCCCC2)c(Cl)c1)C(CN)c1ccccc1)c1ccccc1. The highest BCUT2D eigenvalue weighted by Gasteiger charge is 2.32. The molecule has 35 heavy (non-hydrogen) atoms. The van der Waals surface area contributed by atoms with Crippen LogP contribution in [-0.2, 0) is 4.79 Å². The fraction of sp³-hybridized carbons (Fsp3) is 0.387. The van der Waals surface area contributed by atoms with E-state index >= 15 is 0 Å². The van der Waals surface area contributed by atoms with Gasteiger partial charge in [0.1, 0.15) is 0 Å². The Morgan fingerprint density at radius 2 is 1.60 bits per heavy atom. The maximum atomic E-state index is 14.0. The van der Waals surface area contributed by atoms with Crippen molar-refractivity contribution in [3.63, 3.8) is 0 Å². The second kappa shape index (κ2) is 12.4. The molecule has 2 unspecified atom stereocenters. The zero-order valence-electron chi connectivity index (χ0n) is 20.7. The van der Waals surface area contributed by atoms with Crippen LogP contribution >= 0.6 is 11.6 Å². The van der Waals surface area contributed by atoms with E-state index in [1.165, 1.54) is 37.7 Å². The molecule has 4 heteroatoms. The van der Waals surface area contributed by atoms with E-state index in [0.29, 0.717) is 19.0 Å². The third-order valence-corrected chi connectivity index (χ3v) is 7.84. The molecule has 2 atom stereocenters. The average molecular weight is 489 g/mol. The first-order valence-electron chi connectivity index (χ1n) is 13.0. The van der Waals surface area contributed by atoms with Crippen LogP contribution in [0.4, 0.5) is 5.69 Å². The number of hydrogen-bond acceptors (Lipinski definition) is 3. The minimum Gasteiger partial charge on any atom is -0.364 e. The number of halogens is 1. The Balaban J connectivity index is 1.68. The van der Waals surface area contributed by atoms with Gasteiger partial charge in [-0.1, -0.05) is 91.5 Å². The Hall–Kier alpha value is -2.62. The highest BCUT2D eigenvalue weighted by molar-refractivity contribution is 6.31. The van der Waals surface area contributed by atoms with E-state index in [9.17, 15) is 4.79 Å². The summed E-state index contributed by atoms with van der Waals surface area (Å²) in [7, 11) is 0. The Bertz CT molecular complexity index is 1080. The summed E-state index contributed by atoms with van der Waals surface area (Å²) in [6.45, 7) is 3.56. The molecule has 0 saturated heterocycles. The van der Waals surface area contributed by atoms with E-state index in [0.717, 1.165) is 28.4 Å². The number of rotatable bonds is 10. The van der Waals surface area contributed by atoms with Gasteiger partial charge in [-0.3, -0.25) is 4.79 Å². The number of Topliss-reactive ketones (excluding diaryl/α,β-unsaturated/α-hetero) is 1. The number of ketones is 1. The van der Waals surface area contributed by atoms with Gasteiger partial charge in [0.15, 0.2) is 5.78 Å². The van der Waals surface area contributed by atoms with Crippen LogP contribution in [0.1, 0.15) is 73.5 Å². The third kappa shape index (κ3) is 6.15. The lowest BCUT2D eigenvalue weighted by atomic mass is 9.77. The Labute approximate surface area is 215 Å². The van der Waals surface area contributed by atoms with Crippen molar-refractivity contribution in [2.24, 2.45) is 5.73 Å². The topological polar surface area (TPSA) is 46.3 Å². The molecule has 1 aliphatic carbocycles. The Morgan fingerprint density at radius 3 is 2.20 bits per heavy atom. The normalized spacial score (nSPS) is 16.0. The number of anilines is 1. The molecule has 3 nitrogen and oxygen atoms in total. The molecule has 2 N–H and O–H groups in total. The van der Waals surface area contributed by atoms with Gasteiger partial charge in [0.25, 0.3) is 0 Å². The van der Waals surface area contributed by atoms with Gasteiger partial charge in [-0.25, -0.2) is 0 Å². The Morgan fingerprint density at radius 1 is 0.943 bits per heavy atom. The molecule has 4 rings (SSSR count). The third-order valence-electron chi connectivity index (χ3n) is 7.51. The zero-order chi connectivity index (χ0) is 24.6. The molecule has 0 radical (unpaired) electrons. The van der Waals surface area contributed by atoms with Crippen molar-refractivity contribution >= 4 is 23.1 Å². The second-order valence-corrected chi connectivity index (χ2v) is 10.1. The number of carbonyl (C=O) groups is 1. The van der Waals surface area contributed by atoms with Crippen LogP contribution in [0.15, 0.2) is 78.9 Å². The van der Waals surface area contributed by atoms with Gasteiger partial charge in [-0.2, -0.15) is 0 Å². The molecule has 1 fully saturated rings. The molecule has 0 aliphatic heterocycles. The lowest BCUT2D eigenvalue weighted by molar-refractivity contribution is -0.119. The molecule has 0 aromatic heterocycles. The van der Waals surface area contributed by atoms with E-state index in [2.05, 4.69) is 48.2 Å². The Kier molecular flexibility index (Phi) is 9.01. The van der Waals surface area contributed by atoms with Gasteiger partial charge < -0.3 is 10.6 Å². The van der Waals surface area contributed by atoms with Crippen LogP contribution in [0.25, 0.3) is 0 Å². The molecule has 0 amide bonds. The van der Waals surface area contributed by atoms with Crippen molar-refractivity contribution in [1.82, 2.24) is 0 Å². The van der Waals surface area contributed by atoms with Crippen LogP contribution in [0, 0.1) is 0 Å². The van der Waals surface area contributed by atoms with Gasteiger partial charge in [-0.15, -0.1) is 0 Å². The summed E-state index contributed by atoms with van der Waals surface area (Å²) in [6, 6.07) is 26.6. The van der Waals surface area contributed by atoms with Crippen molar-refractivity contribution in [2.75, 3.05) is 24.5 Å². The molecule has 3 aromatic carbocycles. The van der Waals surface area contributed by atoms with Gasteiger partial charge in [0.2, 0.25) is 0 Å². The van der Waals surface area contributed by atoms with Crippen molar-refractivity contribution in [3.05, 3.63) is 101 Å². The smallest absolute Gasteiger partial charge is 0.160 e. The minimum atomic E-state index is -0.363. The maximum absolute atomic E-state index is 14.0. The monoisotopic (exact) mass is 488 g/mol. The molecule has 1 aliphatic rings. The van der Waals surface area contributed by atoms with Gasteiger partial charge in [0.05, 0.1) is 12.5 Å². The molecular formula is C31H37ClN2O. The first kappa shape index (κ1) is 25.5. The average Bonchev–Trinajstić information content (AvgIpc) is 2.91. The van der Waals surface area contributed by atoms with Crippen LogP contribution < -0.4 is 10.6 Å². The number of hydrogen-bond donors (Lipinski definition) is 1. The summed E-state index contributed by atoms with van der Waals surface area (Å²) in [5, 5.41) is 0.784. The first-order valence-corrected chi connectivity index (χ1v) is 13.4. The standard InChI is InChI=1S/C31H37ClN2O/c1-2-34(26-16-10-5-11-17-26)22-30(35)31(28(21-33)24-14-8-4-9-15-24)25-18-19-27(29(32)20-25)23-12-6-3-7-13-23/h4-5,8-11,14-20,23,28,31H,2-3,6-7,12-13,21-22,33H2,1H3. The van der Waals surface area contributed by atoms with E-state index in [1.807, 2.05) is 42.5 Å². The van der Waals surface area contributed by atoms with E-state index < -0.39 is 0 Å². The molecule has 184 valence electrons. The number of benzene rings is 3. The number of para-hydroxylation sites is 1. The maximum Gasteiger partial charge on any atom is 0.160 e. The number of nitrogens with two attached hydrogens (primary N) is 1. The molecule has 0 heterocycles. The summed E-state index contributed by atoms with van der Waals surface area (Å²) >= 11 is 6.88. The van der Waals surface area contributed by atoms with Gasteiger partial charge in [-0.05, 0) is 60.6 Å². The highest BCUT2D eigenvalue weighted by atomic mass is 35.5. The molecule has 1 saturated carbocycles. The van der Waals surface area contributed by atoms with Crippen molar-refractivity contribution in [1.29, 1.82) is 0 Å². The van der Waals surface area contributed by atoms with Crippen LogP contribution in [0.3, 0.4) is 0 Å². The van der Waals surface area contributed by atoms with E-state index in [1.54, 1.807) is 0 Å². The van der Waals surface area contributed by atoms with Crippen LogP contribution in [-0.4, -0.2) is 25.4 Å². The first-order chi connectivity index (χ1) is 17.1. The minimum absolute atomic E-state index is 0.116. The zero-order valence-corrected chi connectivity index (χ0v) is 21.5. The summed E-state index contributed by atoms with van der Waals surface area (Å²) in [5.74, 6) is 0.205. The fourth-order valence-corrected chi connectivity index (χ4v) is 5.94. The van der Waals surface area contributed by atoms with E-state index in [-0.39, 0.29) is 17.6 Å². The van der Waals surface area contributed by atoms with Crippen LogP contribution in [0.5, 0.6) is 0 Å². The lowest BCUT2D eigenvalue weighted by Gasteiger charge is -2.30. The quantitative estimate of drug-likeness (QED) is 0.325. The second-order valence-electron chi connectivity index (χ2n) is 9.66. The van der Waals surface area contributed by atoms with Gasteiger partial charge >= 0.3 is 0 Å². The lowest BCUT2D eigenvalue weighted by Crippen LogP contribution is -2.36. The summed E-state index contributed by atoms with van der Waals surface area (Å²) in [5.41, 5.74) is 10.7. The van der Waals surface area contributed by atoms with Crippen molar-refractivity contribution in [3.8, 4) is 0 Å². The van der Waals surface area contributed by atoms with Crippen molar-refractivity contribution < 1.29 is 4.79 Å². The van der Waals surface area contributed by atoms with E-state index in [4.69, 9.17) is 17.3 Å². The highest BCUT2D eigenvalue weighted by Crippen LogP contribution is 2.40. The van der Waals surface area contributed by atoms with Crippen molar-refractivity contribution in [2.45, 2.75) is 56.8 Å². The molecule has 0 spiro atoms. The molecular weight excluding hydrogens is 452 g/mol. The molecule has 0 bridgehead atoms. The number of likely N-dealkylation sites (N-methyl/N-ethyl adjacent to an activating group) is 1. The largest absolute Gasteiger partial charge is 0.364 e. The summed E-state index contributed by atoms with van der Waals surface area (Å²) < 4.78 is 0. The predicted octanol–water partition coefficient (Wildman–Crippen LogP) is 7.31. The predicted molar refractivity (Wildman–Crippen MR) is 148 cm³/mol. The van der Waals surface area contributed by atoms with Gasteiger partial charge in [0, 0.05) is 29.7 Å².